The van der Waals surface area contributed by atoms with Crippen molar-refractivity contribution in [3.8, 4) is 0 Å². The molecule has 1 amide bonds. The SMILES string of the molecule is CC(=O)c1ccc(NC(=O)CN2CCC(CN)C2)cc1. The smallest absolute Gasteiger partial charge is 0.238 e. The van der Waals surface area contributed by atoms with Gasteiger partial charge in [0.05, 0.1) is 6.54 Å². The number of nitrogens with two attached hydrogens (primary N) is 1. The first-order valence-electron chi connectivity index (χ1n) is 6.91. The Morgan fingerprint density at radius 2 is 2.05 bits per heavy atom. The van der Waals surface area contributed by atoms with Gasteiger partial charge in [-0.2, -0.15) is 0 Å². The van der Waals surface area contributed by atoms with Gasteiger partial charge in [-0.05, 0) is 56.6 Å². The summed E-state index contributed by atoms with van der Waals surface area (Å²) in [6.07, 6.45) is 1.07. The monoisotopic (exact) mass is 275 g/mol. The molecule has 20 heavy (non-hydrogen) atoms. The molecule has 0 aromatic heterocycles. The highest BCUT2D eigenvalue weighted by molar-refractivity contribution is 5.96. The number of anilines is 1. The number of carbonyl (C=O) groups excluding carboxylic acids is 2. The van der Waals surface area contributed by atoms with E-state index in [0.29, 0.717) is 24.6 Å². The van der Waals surface area contributed by atoms with Gasteiger partial charge in [0, 0.05) is 17.8 Å². The first kappa shape index (κ1) is 14.7. The molecular weight excluding hydrogens is 254 g/mol. The van der Waals surface area contributed by atoms with Crippen LogP contribution in [0.4, 0.5) is 5.69 Å². The van der Waals surface area contributed by atoms with E-state index >= 15 is 0 Å². The molecule has 1 unspecified atom stereocenters. The average molecular weight is 275 g/mol. The summed E-state index contributed by atoms with van der Waals surface area (Å²) in [5.41, 5.74) is 7.00. The first-order valence-corrected chi connectivity index (χ1v) is 6.91. The molecule has 5 nitrogen and oxygen atoms in total. The second kappa shape index (κ2) is 6.63. The maximum atomic E-state index is 11.9. The molecule has 108 valence electrons. The highest BCUT2D eigenvalue weighted by Crippen LogP contribution is 2.15. The van der Waals surface area contributed by atoms with E-state index in [1.807, 2.05) is 0 Å². The van der Waals surface area contributed by atoms with Gasteiger partial charge in [0.15, 0.2) is 5.78 Å². The molecule has 0 bridgehead atoms. The molecule has 2 rings (SSSR count). The Hall–Kier alpha value is -1.72. The summed E-state index contributed by atoms with van der Waals surface area (Å²) in [7, 11) is 0. The maximum Gasteiger partial charge on any atom is 0.238 e. The quantitative estimate of drug-likeness (QED) is 0.789. The lowest BCUT2D eigenvalue weighted by atomic mass is 10.1. The van der Waals surface area contributed by atoms with E-state index in [2.05, 4.69) is 10.2 Å². The number of ketones is 1. The first-order chi connectivity index (χ1) is 9.58. The minimum absolute atomic E-state index is 0.0211. The highest BCUT2D eigenvalue weighted by Gasteiger charge is 2.22. The van der Waals surface area contributed by atoms with Gasteiger partial charge in [0.2, 0.25) is 5.91 Å². The van der Waals surface area contributed by atoms with Crippen LogP contribution in [-0.2, 0) is 4.79 Å². The van der Waals surface area contributed by atoms with Gasteiger partial charge in [-0.15, -0.1) is 0 Å². The number of hydrogen-bond acceptors (Lipinski definition) is 4. The van der Waals surface area contributed by atoms with Crippen LogP contribution in [0.5, 0.6) is 0 Å². The molecule has 0 aliphatic carbocycles. The third kappa shape index (κ3) is 3.88. The van der Waals surface area contributed by atoms with Crippen LogP contribution in [0.1, 0.15) is 23.7 Å². The zero-order chi connectivity index (χ0) is 14.5. The van der Waals surface area contributed by atoms with E-state index in [4.69, 9.17) is 5.73 Å². The minimum atomic E-state index is -0.0294. The number of amides is 1. The maximum absolute atomic E-state index is 11.9. The van der Waals surface area contributed by atoms with Crippen molar-refractivity contribution in [1.82, 2.24) is 4.90 Å². The Bertz CT molecular complexity index is 484. The van der Waals surface area contributed by atoms with E-state index in [0.717, 1.165) is 25.2 Å². The minimum Gasteiger partial charge on any atom is -0.330 e. The molecule has 1 fully saturated rings. The predicted octanol–water partition coefficient (Wildman–Crippen LogP) is 1.11. The molecular formula is C15H21N3O2. The van der Waals surface area contributed by atoms with Gasteiger partial charge in [0.1, 0.15) is 0 Å². The molecule has 0 radical (unpaired) electrons. The second-order valence-electron chi connectivity index (χ2n) is 5.31. The fourth-order valence-electron chi connectivity index (χ4n) is 2.44. The predicted molar refractivity (Wildman–Crippen MR) is 78.7 cm³/mol. The van der Waals surface area contributed by atoms with Crippen molar-refractivity contribution >= 4 is 17.4 Å². The van der Waals surface area contributed by atoms with Gasteiger partial charge in [0.25, 0.3) is 0 Å². The zero-order valence-electron chi connectivity index (χ0n) is 11.8. The highest BCUT2D eigenvalue weighted by atomic mass is 16.2. The summed E-state index contributed by atoms with van der Waals surface area (Å²) in [4.78, 5) is 25.2. The van der Waals surface area contributed by atoms with Crippen LogP contribution in [-0.4, -0.2) is 42.8 Å². The standard InChI is InChI=1S/C15H21N3O2/c1-11(19)13-2-4-14(5-3-13)17-15(20)10-18-7-6-12(8-16)9-18/h2-5,12H,6-10,16H2,1H3,(H,17,20). The Balaban J connectivity index is 1.84. The number of Topliss-reactive ketones (excluding diaryl/α,β-unsaturated/α-hetero) is 1. The zero-order valence-corrected chi connectivity index (χ0v) is 11.8. The van der Waals surface area contributed by atoms with Gasteiger partial charge >= 0.3 is 0 Å². The summed E-state index contributed by atoms with van der Waals surface area (Å²) >= 11 is 0. The molecule has 1 aromatic rings. The molecule has 3 N–H and O–H groups in total. The van der Waals surface area contributed by atoms with E-state index in [9.17, 15) is 9.59 Å². The lowest BCUT2D eigenvalue weighted by Crippen LogP contribution is -2.32. The van der Waals surface area contributed by atoms with Crippen LogP contribution in [0.15, 0.2) is 24.3 Å². The Kier molecular flexibility index (Phi) is 4.87. The summed E-state index contributed by atoms with van der Waals surface area (Å²) in [6.45, 7) is 4.43. The molecule has 1 aliphatic rings. The van der Waals surface area contributed by atoms with Gasteiger partial charge < -0.3 is 11.1 Å². The van der Waals surface area contributed by atoms with Crippen molar-refractivity contribution in [2.75, 3.05) is 31.5 Å². The number of rotatable bonds is 5. The largest absolute Gasteiger partial charge is 0.330 e. The number of likely N-dealkylation sites (tertiary alicyclic amines) is 1. The van der Waals surface area contributed by atoms with Crippen LogP contribution in [0, 0.1) is 5.92 Å². The van der Waals surface area contributed by atoms with Crippen molar-refractivity contribution in [2.45, 2.75) is 13.3 Å². The number of carbonyl (C=O) groups is 2. The van der Waals surface area contributed by atoms with E-state index in [-0.39, 0.29) is 11.7 Å². The Morgan fingerprint density at radius 1 is 1.35 bits per heavy atom. The van der Waals surface area contributed by atoms with Crippen LogP contribution >= 0.6 is 0 Å². The number of nitrogens with one attached hydrogen (secondary N) is 1. The average Bonchev–Trinajstić information content (AvgIpc) is 2.86. The topological polar surface area (TPSA) is 75.4 Å². The fourth-order valence-corrected chi connectivity index (χ4v) is 2.44. The third-order valence-corrected chi connectivity index (χ3v) is 3.65. The number of benzene rings is 1. The van der Waals surface area contributed by atoms with Crippen LogP contribution < -0.4 is 11.1 Å². The summed E-state index contributed by atoms with van der Waals surface area (Å²) in [5.74, 6) is 0.503. The lowest BCUT2D eigenvalue weighted by molar-refractivity contribution is -0.117. The summed E-state index contributed by atoms with van der Waals surface area (Å²) in [5, 5.41) is 2.84. The van der Waals surface area contributed by atoms with Crippen molar-refractivity contribution in [3.63, 3.8) is 0 Å². The normalized spacial score (nSPS) is 19.0. The number of hydrogen-bond donors (Lipinski definition) is 2. The Labute approximate surface area is 119 Å². The molecule has 1 saturated heterocycles. The van der Waals surface area contributed by atoms with Crippen molar-refractivity contribution < 1.29 is 9.59 Å². The van der Waals surface area contributed by atoms with Gasteiger partial charge in [-0.25, -0.2) is 0 Å². The van der Waals surface area contributed by atoms with E-state index in [1.165, 1.54) is 6.92 Å². The van der Waals surface area contributed by atoms with Crippen molar-refractivity contribution in [2.24, 2.45) is 11.7 Å². The van der Waals surface area contributed by atoms with E-state index in [1.54, 1.807) is 24.3 Å². The molecule has 1 atom stereocenters. The molecule has 0 saturated carbocycles. The van der Waals surface area contributed by atoms with Crippen LogP contribution in [0.2, 0.25) is 0 Å². The van der Waals surface area contributed by atoms with Crippen LogP contribution in [0.3, 0.4) is 0 Å². The van der Waals surface area contributed by atoms with Gasteiger partial charge in [-0.3, -0.25) is 14.5 Å². The second-order valence-corrected chi connectivity index (χ2v) is 5.31. The summed E-state index contributed by atoms with van der Waals surface area (Å²) < 4.78 is 0. The van der Waals surface area contributed by atoms with Crippen molar-refractivity contribution in [3.05, 3.63) is 29.8 Å². The van der Waals surface area contributed by atoms with E-state index < -0.39 is 0 Å². The Morgan fingerprint density at radius 3 is 2.60 bits per heavy atom. The molecule has 1 aromatic carbocycles. The molecule has 1 heterocycles. The molecule has 1 aliphatic heterocycles. The molecule has 0 spiro atoms. The summed E-state index contributed by atoms with van der Waals surface area (Å²) in [6, 6.07) is 6.94. The van der Waals surface area contributed by atoms with Gasteiger partial charge in [-0.1, -0.05) is 0 Å². The lowest BCUT2D eigenvalue weighted by Gasteiger charge is -2.15. The molecule has 5 heteroatoms. The third-order valence-electron chi connectivity index (χ3n) is 3.65. The fraction of sp³-hybridized carbons (Fsp3) is 0.467. The van der Waals surface area contributed by atoms with Crippen molar-refractivity contribution in [1.29, 1.82) is 0 Å². The number of nitrogens with zero attached hydrogens (tertiary/aromatic N) is 1. The van der Waals surface area contributed by atoms with Crippen LogP contribution in [0.25, 0.3) is 0 Å².